The van der Waals surface area contributed by atoms with Crippen LogP contribution < -0.4 is 11.1 Å². The van der Waals surface area contributed by atoms with Crippen LogP contribution in [0.3, 0.4) is 0 Å². The Morgan fingerprint density at radius 1 is 1.53 bits per heavy atom. The molecule has 0 aromatic heterocycles. The summed E-state index contributed by atoms with van der Waals surface area (Å²) < 4.78 is 10.7. The SMILES string of the molecule is NC1CCCC(OCC2CNC(=O)O2)C1. The zero-order valence-corrected chi connectivity index (χ0v) is 8.78. The molecule has 86 valence electrons. The molecule has 15 heavy (non-hydrogen) atoms. The zero-order valence-electron chi connectivity index (χ0n) is 8.78. The van der Waals surface area contributed by atoms with E-state index in [-0.39, 0.29) is 24.3 Å². The molecule has 2 aliphatic rings. The molecule has 2 fully saturated rings. The number of carbonyl (C=O) groups is 1. The first-order valence-electron chi connectivity index (χ1n) is 5.55. The number of nitrogens with two attached hydrogens (primary N) is 1. The summed E-state index contributed by atoms with van der Waals surface area (Å²) in [7, 11) is 0. The van der Waals surface area contributed by atoms with Gasteiger partial charge in [-0.3, -0.25) is 0 Å². The maximum atomic E-state index is 10.7. The first-order chi connectivity index (χ1) is 7.24. The van der Waals surface area contributed by atoms with E-state index in [1.807, 2.05) is 0 Å². The van der Waals surface area contributed by atoms with Gasteiger partial charge in [-0.1, -0.05) is 0 Å². The number of hydrogen-bond donors (Lipinski definition) is 2. The molecule has 0 aromatic rings. The van der Waals surface area contributed by atoms with Gasteiger partial charge in [0.05, 0.1) is 19.3 Å². The lowest BCUT2D eigenvalue weighted by Crippen LogP contribution is -2.34. The molecule has 1 aliphatic carbocycles. The topological polar surface area (TPSA) is 73.6 Å². The number of ether oxygens (including phenoxy) is 2. The van der Waals surface area contributed by atoms with E-state index in [1.54, 1.807) is 0 Å². The largest absolute Gasteiger partial charge is 0.442 e. The Morgan fingerprint density at radius 3 is 3.07 bits per heavy atom. The zero-order chi connectivity index (χ0) is 10.7. The maximum Gasteiger partial charge on any atom is 0.407 e. The molecule has 5 heteroatoms. The molecule has 0 aromatic carbocycles. The van der Waals surface area contributed by atoms with Crippen molar-refractivity contribution >= 4 is 6.09 Å². The molecule has 0 bridgehead atoms. The van der Waals surface area contributed by atoms with Crippen LogP contribution >= 0.6 is 0 Å². The number of alkyl carbamates (subject to hydrolysis) is 1. The Labute approximate surface area is 89.3 Å². The van der Waals surface area contributed by atoms with E-state index in [2.05, 4.69) is 5.32 Å². The van der Waals surface area contributed by atoms with Crippen molar-refractivity contribution in [2.45, 2.75) is 43.9 Å². The molecular weight excluding hydrogens is 196 g/mol. The molecule has 3 unspecified atom stereocenters. The highest BCUT2D eigenvalue weighted by molar-refractivity contribution is 5.69. The summed E-state index contributed by atoms with van der Waals surface area (Å²) in [5, 5.41) is 2.60. The molecule has 1 heterocycles. The van der Waals surface area contributed by atoms with E-state index < -0.39 is 0 Å². The van der Waals surface area contributed by atoms with Crippen LogP contribution in [0.2, 0.25) is 0 Å². The van der Waals surface area contributed by atoms with E-state index in [1.165, 1.54) is 0 Å². The van der Waals surface area contributed by atoms with Crippen LogP contribution in [0.4, 0.5) is 4.79 Å². The summed E-state index contributed by atoms with van der Waals surface area (Å²) >= 11 is 0. The molecule has 1 aliphatic heterocycles. The fraction of sp³-hybridized carbons (Fsp3) is 0.900. The summed E-state index contributed by atoms with van der Waals surface area (Å²) in [6, 6.07) is 0.271. The van der Waals surface area contributed by atoms with E-state index in [4.69, 9.17) is 15.2 Å². The Morgan fingerprint density at radius 2 is 2.40 bits per heavy atom. The number of amides is 1. The third kappa shape index (κ3) is 3.07. The minimum atomic E-state index is -0.344. The molecule has 1 saturated carbocycles. The van der Waals surface area contributed by atoms with Gasteiger partial charge in [-0.15, -0.1) is 0 Å². The molecule has 3 N–H and O–H groups in total. The van der Waals surface area contributed by atoms with Crippen molar-refractivity contribution in [3.05, 3.63) is 0 Å². The maximum absolute atomic E-state index is 10.7. The van der Waals surface area contributed by atoms with Crippen LogP contribution in [0.1, 0.15) is 25.7 Å². The van der Waals surface area contributed by atoms with E-state index in [9.17, 15) is 4.79 Å². The van der Waals surface area contributed by atoms with Crippen LogP contribution in [0.15, 0.2) is 0 Å². The minimum absolute atomic E-state index is 0.129. The van der Waals surface area contributed by atoms with Gasteiger partial charge < -0.3 is 20.5 Å². The normalized spacial score (nSPS) is 36.1. The number of cyclic esters (lactones) is 1. The second-order valence-electron chi connectivity index (χ2n) is 4.29. The number of hydrogen-bond acceptors (Lipinski definition) is 4. The highest BCUT2D eigenvalue weighted by atomic mass is 16.6. The van der Waals surface area contributed by atoms with Gasteiger partial charge in [-0.25, -0.2) is 4.79 Å². The molecule has 3 atom stereocenters. The third-order valence-electron chi connectivity index (χ3n) is 2.93. The van der Waals surface area contributed by atoms with Crippen molar-refractivity contribution in [1.82, 2.24) is 5.32 Å². The number of rotatable bonds is 3. The van der Waals surface area contributed by atoms with Gasteiger partial charge in [0.2, 0.25) is 0 Å². The number of carbonyl (C=O) groups excluding carboxylic acids is 1. The summed E-state index contributed by atoms with van der Waals surface area (Å²) in [6.45, 7) is 1.04. The van der Waals surface area contributed by atoms with Crippen molar-refractivity contribution in [3.8, 4) is 0 Å². The molecular formula is C10H18N2O3. The van der Waals surface area contributed by atoms with Gasteiger partial charge in [-0.2, -0.15) is 0 Å². The summed E-state index contributed by atoms with van der Waals surface area (Å²) in [6.07, 6.45) is 4.00. The average molecular weight is 214 g/mol. The molecule has 2 rings (SSSR count). The lowest BCUT2D eigenvalue weighted by Gasteiger charge is -2.27. The van der Waals surface area contributed by atoms with Gasteiger partial charge in [0, 0.05) is 6.04 Å². The van der Waals surface area contributed by atoms with Gasteiger partial charge in [0.1, 0.15) is 6.10 Å². The summed E-state index contributed by atoms with van der Waals surface area (Å²) in [5.41, 5.74) is 5.85. The van der Waals surface area contributed by atoms with Gasteiger partial charge in [0.15, 0.2) is 0 Å². The van der Waals surface area contributed by atoms with Gasteiger partial charge >= 0.3 is 6.09 Å². The minimum Gasteiger partial charge on any atom is -0.442 e. The molecule has 1 amide bonds. The molecule has 0 radical (unpaired) electrons. The Bertz CT molecular complexity index is 235. The van der Waals surface area contributed by atoms with Crippen LogP contribution in [0, 0.1) is 0 Å². The first-order valence-corrected chi connectivity index (χ1v) is 5.55. The van der Waals surface area contributed by atoms with Crippen molar-refractivity contribution in [2.75, 3.05) is 13.2 Å². The Kier molecular flexibility index (Phi) is 3.43. The fourth-order valence-corrected chi connectivity index (χ4v) is 2.10. The monoisotopic (exact) mass is 214 g/mol. The van der Waals surface area contributed by atoms with Crippen LogP contribution in [0.5, 0.6) is 0 Å². The molecule has 0 spiro atoms. The van der Waals surface area contributed by atoms with E-state index in [0.29, 0.717) is 13.2 Å². The third-order valence-corrected chi connectivity index (χ3v) is 2.93. The lowest BCUT2D eigenvalue weighted by molar-refractivity contribution is -0.0183. The standard InChI is InChI=1S/C10H18N2O3/c11-7-2-1-3-8(4-7)14-6-9-5-12-10(13)15-9/h7-9H,1-6,11H2,(H,12,13). The molecule has 5 nitrogen and oxygen atoms in total. The highest BCUT2D eigenvalue weighted by Gasteiger charge is 2.25. The Balaban J connectivity index is 1.66. The van der Waals surface area contributed by atoms with Crippen LogP contribution in [-0.4, -0.2) is 37.5 Å². The number of nitrogens with one attached hydrogen (secondary N) is 1. The van der Waals surface area contributed by atoms with Crippen molar-refractivity contribution < 1.29 is 14.3 Å². The first kappa shape index (κ1) is 10.7. The Hall–Kier alpha value is -0.810. The van der Waals surface area contributed by atoms with Gasteiger partial charge in [0.25, 0.3) is 0 Å². The molecule has 1 saturated heterocycles. The predicted octanol–water partition coefficient (Wildman–Crippen LogP) is 0.381. The summed E-state index contributed by atoms with van der Waals surface area (Å²) in [5.74, 6) is 0. The van der Waals surface area contributed by atoms with Crippen molar-refractivity contribution in [1.29, 1.82) is 0 Å². The summed E-state index contributed by atoms with van der Waals surface area (Å²) in [4.78, 5) is 10.7. The quantitative estimate of drug-likeness (QED) is 0.712. The highest BCUT2D eigenvalue weighted by Crippen LogP contribution is 2.20. The van der Waals surface area contributed by atoms with E-state index >= 15 is 0 Å². The average Bonchev–Trinajstić information content (AvgIpc) is 2.62. The smallest absolute Gasteiger partial charge is 0.407 e. The fourth-order valence-electron chi connectivity index (χ4n) is 2.10. The lowest BCUT2D eigenvalue weighted by atomic mass is 9.93. The predicted molar refractivity (Wildman–Crippen MR) is 54.5 cm³/mol. The van der Waals surface area contributed by atoms with Gasteiger partial charge in [-0.05, 0) is 25.7 Å². The van der Waals surface area contributed by atoms with Crippen LogP contribution in [-0.2, 0) is 9.47 Å². The van der Waals surface area contributed by atoms with Crippen molar-refractivity contribution in [2.24, 2.45) is 5.73 Å². The van der Waals surface area contributed by atoms with E-state index in [0.717, 1.165) is 25.7 Å². The second kappa shape index (κ2) is 4.81. The second-order valence-corrected chi connectivity index (χ2v) is 4.29. The van der Waals surface area contributed by atoms with Crippen molar-refractivity contribution in [3.63, 3.8) is 0 Å². The van der Waals surface area contributed by atoms with Crippen LogP contribution in [0.25, 0.3) is 0 Å².